The van der Waals surface area contributed by atoms with Crippen molar-refractivity contribution in [1.82, 2.24) is 0 Å². The van der Waals surface area contributed by atoms with E-state index < -0.39 is 5.97 Å². The summed E-state index contributed by atoms with van der Waals surface area (Å²) in [5, 5.41) is 9.11. The predicted molar refractivity (Wildman–Crippen MR) is 137 cm³/mol. The molecule has 0 saturated carbocycles. The third kappa shape index (κ3) is 5.05. The Bertz CT molecular complexity index is 1250. The zero-order valence-electron chi connectivity index (χ0n) is 21.0. The van der Waals surface area contributed by atoms with Crippen molar-refractivity contribution in [2.45, 2.75) is 52.2 Å². The Balaban J connectivity index is 1.32. The molecule has 0 bridgehead atoms. The van der Waals surface area contributed by atoms with Crippen molar-refractivity contribution in [3.63, 3.8) is 0 Å². The van der Waals surface area contributed by atoms with Gasteiger partial charge < -0.3 is 24.1 Å². The molecule has 2 atom stereocenters. The Morgan fingerprint density at radius 3 is 2.56 bits per heavy atom. The quantitative estimate of drug-likeness (QED) is 0.421. The van der Waals surface area contributed by atoms with Crippen molar-refractivity contribution in [3.8, 4) is 28.4 Å². The number of hydrogen-bond donors (Lipinski definition) is 1. The smallest absolute Gasteiger partial charge is 0.304 e. The summed E-state index contributed by atoms with van der Waals surface area (Å²) in [6.07, 6.45) is 1.13. The summed E-state index contributed by atoms with van der Waals surface area (Å²) in [4.78, 5) is 11.1. The summed E-state index contributed by atoms with van der Waals surface area (Å²) in [5.74, 6) is 1.38. The maximum atomic E-state index is 11.1. The van der Waals surface area contributed by atoms with E-state index in [0.29, 0.717) is 31.3 Å². The second kappa shape index (κ2) is 10.2. The Labute approximate surface area is 211 Å². The molecule has 0 aliphatic carbocycles. The number of carboxylic acids is 1. The predicted octanol–water partition coefficient (Wildman–Crippen LogP) is 5.98. The Hall–Kier alpha value is -3.51. The van der Waals surface area contributed by atoms with Crippen LogP contribution in [0.15, 0.2) is 48.5 Å². The summed E-state index contributed by atoms with van der Waals surface area (Å²) in [5.41, 5.74) is 7.99. The standard InChI is InChI=1S/C30H32O6/c1-18-11-25(36-24-9-10-33-17-24)12-19(2)30(18)26-6-4-5-21(20(26)3)15-34-23-7-8-27-22(13-29(31)32)16-35-28(27)14-23/h4-8,11-12,14,22,24H,9-10,13,15-17H2,1-3H3,(H,31,32)/t22-,24?/m1/s1. The second-order valence-electron chi connectivity index (χ2n) is 9.72. The Morgan fingerprint density at radius 1 is 1.03 bits per heavy atom. The average molecular weight is 489 g/mol. The molecule has 0 aromatic heterocycles. The first kappa shape index (κ1) is 24.2. The summed E-state index contributed by atoms with van der Waals surface area (Å²) >= 11 is 0. The van der Waals surface area contributed by atoms with Crippen LogP contribution in [0.2, 0.25) is 0 Å². The van der Waals surface area contributed by atoms with Gasteiger partial charge in [0.1, 0.15) is 30.0 Å². The molecule has 2 heterocycles. The largest absolute Gasteiger partial charge is 0.492 e. The van der Waals surface area contributed by atoms with E-state index >= 15 is 0 Å². The molecule has 2 aliphatic rings. The fourth-order valence-electron chi connectivity index (χ4n) is 5.21. The highest BCUT2D eigenvalue weighted by Crippen LogP contribution is 2.39. The van der Waals surface area contributed by atoms with Crippen molar-refractivity contribution in [1.29, 1.82) is 0 Å². The lowest BCUT2D eigenvalue weighted by molar-refractivity contribution is -0.137. The topological polar surface area (TPSA) is 74.2 Å². The van der Waals surface area contributed by atoms with Crippen molar-refractivity contribution in [2.24, 2.45) is 0 Å². The third-order valence-electron chi connectivity index (χ3n) is 7.09. The molecule has 6 nitrogen and oxygen atoms in total. The van der Waals surface area contributed by atoms with E-state index in [-0.39, 0.29) is 18.4 Å². The van der Waals surface area contributed by atoms with E-state index in [1.165, 1.54) is 27.8 Å². The van der Waals surface area contributed by atoms with Crippen LogP contribution in [0.3, 0.4) is 0 Å². The highest BCUT2D eigenvalue weighted by molar-refractivity contribution is 5.75. The molecule has 1 fully saturated rings. The molecule has 0 amide bonds. The summed E-state index contributed by atoms with van der Waals surface area (Å²) < 4.78 is 23.4. The lowest BCUT2D eigenvalue weighted by Gasteiger charge is -2.19. The van der Waals surface area contributed by atoms with Crippen molar-refractivity contribution >= 4 is 5.97 Å². The van der Waals surface area contributed by atoms with E-state index in [0.717, 1.165) is 29.9 Å². The van der Waals surface area contributed by atoms with Gasteiger partial charge in [-0.05, 0) is 72.4 Å². The normalized spacial score (nSPS) is 18.5. The molecule has 36 heavy (non-hydrogen) atoms. The molecule has 3 aromatic carbocycles. The monoisotopic (exact) mass is 488 g/mol. The van der Waals surface area contributed by atoms with Gasteiger partial charge in [0.05, 0.1) is 26.2 Å². The maximum Gasteiger partial charge on any atom is 0.304 e. The van der Waals surface area contributed by atoms with Crippen LogP contribution in [-0.2, 0) is 16.1 Å². The third-order valence-corrected chi connectivity index (χ3v) is 7.09. The van der Waals surface area contributed by atoms with Crippen LogP contribution >= 0.6 is 0 Å². The number of benzene rings is 3. The molecule has 1 N–H and O–H groups in total. The van der Waals surface area contributed by atoms with Crippen LogP contribution in [-0.4, -0.2) is 37.0 Å². The summed E-state index contributed by atoms with van der Waals surface area (Å²) in [7, 11) is 0. The minimum absolute atomic E-state index is 0.0696. The van der Waals surface area contributed by atoms with Crippen LogP contribution < -0.4 is 14.2 Å². The van der Waals surface area contributed by atoms with Gasteiger partial charge in [-0.1, -0.05) is 24.3 Å². The van der Waals surface area contributed by atoms with Gasteiger partial charge in [-0.2, -0.15) is 0 Å². The van der Waals surface area contributed by atoms with E-state index in [1.807, 2.05) is 18.2 Å². The zero-order valence-corrected chi connectivity index (χ0v) is 21.0. The van der Waals surface area contributed by atoms with Gasteiger partial charge in [0, 0.05) is 24.0 Å². The Morgan fingerprint density at radius 2 is 1.83 bits per heavy atom. The van der Waals surface area contributed by atoms with Crippen molar-refractivity contribution < 1.29 is 28.8 Å². The minimum Gasteiger partial charge on any atom is -0.492 e. The second-order valence-corrected chi connectivity index (χ2v) is 9.72. The highest BCUT2D eigenvalue weighted by Gasteiger charge is 2.26. The van der Waals surface area contributed by atoms with Gasteiger partial charge in [-0.25, -0.2) is 0 Å². The number of carbonyl (C=O) groups is 1. The van der Waals surface area contributed by atoms with E-state index in [4.69, 9.17) is 24.1 Å². The van der Waals surface area contributed by atoms with Gasteiger partial charge in [0.2, 0.25) is 0 Å². The number of hydrogen-bond acceptors (Lipinski definition) is 5. The fraction of sp³-hybridized carbons (Fsp3) is 0.367. The van der Waals surface area contributed by atoms with Gasteiger partial charge in [0.25, 0.3) is 0 Å². The highest BCUT2D eigenvalue weighted by atomic mass is 16.5. The fourth-order valence-corrected chi connectivity index (χ4v) is 5.21. The van der Waals surface area contributed by atoms with Crippen LogP contribution in [0.25, 0.3) is 11.1 Å². The number of ether oxygens (including phenoxy) is 4. The molecular formula is C30H32O6. The molecule has 0 spiro atoms. The van der Waals surface area contributed by atoms with Crippen molar-refractivity contribution in [2.75, 3.05) is 19.8 Å². The Kier molecular flexibility index (Phi) is 6.88. The summed E-state index contributed by atoms with van der Waals surface area (Å²) in [6, 6.07) is 16.2. The molecule has 188 valence electrons. The lowest BCUT2D eigenvalue weighted by atomic mass is 9.90. The van der Waals surface area contributed by atoms with E-state index in [9.17, 15) is 4.79 Å². The minimum atomic E-state index is -0.816. The molecule has 1 unspecified atom stereocenters. The molecule has 3 aromatic rings. The van der Waals surface area contributed by atoms with Crippen LogP contribution in [0.1, 0.15) is 46.6 Å². The van der Waals surface area contributed by atoms with E-state index in [2.05, 4.69) is 51.1 Å². The number of rotatable bonds is 8. The average Bonchev–Trinajstić information content (AvgIpc) is 3.48. The van der Waals surface area contributed by atoms with Crippen molar-refractivity contribution in [3.05, 3.63) is 76.3 Å². The van der Waals surface area contributed by atoms with Gasteiger partial charge in [0.15, 0.2) is 0 Å². The molecule has 1 saturated heterocycles. The molecule has 2 aliphatic heterocycles. The number of aliphatic carboxylic acids is 1. The molecule has 5 rings (SSSR count). The van der Waals surface area contributed by atoms with Gasteiger partial charge >= 0.3 is 5.97 Å². The molecular weight excluding hydrogens is 456 g/mol. The van der Waals surface area contributed by atoms with Crippen LogP contribution in [0.5, 0.6) is 17.2 Å². The first-order valence-electron chi connectivity index (χ1n) is 12.4. The van der Waals surface area contributed by atoms with Crippen LogP contribution in [0.4, 0.5) is 0 Å². The van der Waals surface area contributed by atoms with Gasteiger partial charge in [-0.3, -0.25) is 4.79 Å². The number of aryl methyl sites for hydroxylation is 2. The maximum absolute atomic E-state index is 11.1. The van der Waals surface area contributed by atoms with E-state index in [1.54, 1.807) is 0 Å². The molecule has 0 radical (unpaired) electrons. The first-order chi connectivity index (χ1) is 17.4. The van der Waals surface area contributed by atoms with Crippen LogP contribution in [0, 0.1) is 20.8 Å². The number of carboxylic acid groups (broad SMARTS) is 1. The first-order valence-corrected chi connectivity index (χ1v) is 12.4. The van der Waals surface area contributed by atoms with Gasteiger partial charge in [-0.15, -0.1) is 0 Å². The summed E-state index contributed by atoms with van der Waals surface area (Å²) in [6.45, 7) is 8.63. The SMILES string of the molecule is Cc1cc(OC2CCOC2)cc(C)c1-c1cccc(COc2ccc3c(c2)OC[C@H]3CC(=O)O)c1C. The number of fused-ring (bicyclic) bond motifs is 1. The zero-order chi connectivity index (χ0) is 25.2. The lowest BCUT2D eigenvalue weighted by Crippen LogP contribution is -2.15. The molecule has 6 heteroatoms.